The number of carbonyl (C=O) groups is 2. The molecule has 1 fully saturated rings. The van der Waals surface area contributed by atoms with Crippen molar-refractivity contribution in [3.63, 3.8) is 0 Å². The monoisotopic (exact) mass is 512 g/mol. The van der Waals surface area contributed by atoms with E-state index in [0.29, 0.717) is 54.2 Å². The molecule has 0 spiro atoms. The SMILES string of the molecule is Cc1cc(-c2ccc(N(Cc3ccc(C(=O)CO)cc3)C(=O)N3CCOCC3)cc2)cc(C(F)(F)F)c1. The summed E-state index contributed by atoms with van der Waals surface area (Å²) in [6.07, 6.45) is -4.45. The number of ketones is 1. The number of anilines is 1. The summed E-state index contributed by atoms with van der Waals surface area (Å²) < 4.78 is 45.3. The second kappa shape index (κ2) is 11.1. The number of aryl methyl sites for hydroxylation is 1. The van der Waals surface area contributed by atoms with Crippen molar-refractivity contribution < 1.29 is 32.6 Å². The lowest BCUT2D eigenvalue weighted by molar-refractivity contribution is -0.137. The lowest BCUT2D eigenvalue weighted by Gasteiger charge is -2.33. The van der Waals surface area contributed by atoms with Crippen LogP contribution in [0.4, 0.5) is 23.7 Å². The molecule has 37 heavy (non-hydrogen) atoms. The largest absolute Gasteiger partial charge is 0.416 e. The predicted molar refractivity (Wildman–Crippen MR) is 133 cm³/mol. The van der Waals surface area contributed by atoms with Crippen LogP contribution in [0, 0.1) is 6.92 Å². The number of morpholine rings is 1. The van der Waals surface area contributed by atoms with E-state index in [-0.39, 0.29) is 12.6 Å². The zero-order chi connectivity index (χ0) is 26.6. The number of alkyl halides is 3. The highest BCUT2D eigenvalue weighted by molar-refractivity contribution is 5.97. The normalized spacial score (nSPS) is 13.9. The Morgan fingerprint density at radius 1 is 0.946 bits per heavy atom. The average Bonchev–Trinajstić information content (AvgIpc) is 2.91. The number of ether oxygens (including phenoxy) is 1. The van der Waals surface area contributed by atoms with Crippen molar-refractivity contribution in [2.45, 2.75) is 19.6 Å². The van der Waals surface area contributed by atoms with Crippen molar-refractivity contribution in [2.24, 2.45) is 0 Å². The van der Waals surface area contributed by atoms with Gasteiger partial charge in [0.25, 0.3) is 0 Å². The molecule has 0 atom stereocenters. The first-order valence-electron chi connectivity index (χ1n) is 11.8. The summed E-state index contributed by atoms with van der Waals surface area (Å²) in [4.78, 5) is 28.5. The van der Waals surface area contributed by atoms with Crippen LogP contribution in [0.5, 0.6) is 0 Å². The van der Waals surface area contributed by atoms with E-state index < -0.39 is 24.1 Å². The van der Waals surface area contributed by atoms with E-state index >= 15 is 0 Å². The molecule has 1 saturated heterocycles. The molecule has 0 unspecified atom stereocenters. The number of urea groups is 1. The van der Waals surface area contributed by atoms with E-state index in [9.17, 15) is 22.8 Å². The van der Waals surface area contributed by atoms with Crippen LogP contribution in [-0.2, 0) is 17.5 Å². The van der Waals surface area contributed by atoms with Gasteiger partial charge in [0.2, 0.25) is 0 Å². The number of rotatable bonds is 6. The molecule has 3 aromatic rings. The third-order valence-corrected chi connectivity index (χ3v) is 6.19. The van der Waals surface area contributed by atoms with Crippen LogP contribution in [0.3, 0.4) is 0 Å². The number of halogens is 3. The number of hydrogen-bond acceptors (Lipinski definition) is 4. The average molecular weight is 513 g/mol. The standard InChI is InChI=1S/C28H27F3N2O4/c1-19-14-23(16-24(15-19)28(29,30)31)21-6-8-25(9-7-21)33(27(36)32-10-12-37-13-11-32)17-20-2-4-22(5-3-20)26(35)18-34/h2-9,14-16,34H,10-13,17-18H2,1H3. The van der Waals surface area contributed by atoms with Crippen molar-refractivity contribution in [3.05, 3.63) is 89.0 Å². The van der Waals surface area contributed by atoms with Crippen LogP contribution in [0.25, 0.3) is 11.1 Å². The summed E-state index contributed by atoms with van der Waals surface area (Å²) in [5.74, 6) is -0.395. The molecule has 1 heterocycles. The third kappa shape index (κ3) is 6.36. The number of aliphatic hydroxyl groups excluding tert-OH is 1. The Kier molecular flexibility index (Phi) is 7.94. The molecule has 0 aliphatic carbocycles. The van der Waals surface area contributed by atoms with Crippen molar-refractivity contribution in [2.75, 3.05) is 37.8 Å². The van der Waals surface area contributed by atoms with Crippen LogP contribution in [0.2, 0.25) is 0 Å². The van der Waals surface area contributed by atoms with Gasteiger partial charge in [0.05, 0.1) is 25.3 Å². The first kappa shape index (κ1) is 26.4. The number of hydrogen-bond donors (Lipinski definition) is 1. The lowest BCUT2D eigenvalue weighted by atomic mass is 9.99. The molecule has 194 valence electrons. The molecule has 6 nitrogen and oxygen atoms in total. The van der Waals surface area contributed by atoms with Crippen LogP contribution < -0.4 is 4.90 Å². The van der Waals surface area contributed by atoms with Gasteiger partial charge in [-0.15, -0.1) is 0 Å². The fourth-order valence-electron chi connectivity index (χ4n) is 4.21. The predicted octanol–water partition coefficient (Wildman–Crippen LogP) is 5.31. The molecule has 4 rings (SSSR count). The minimum absolute atomic E-state index is 0.214. The highest BCUT2D eigenvalue weighted by Gasteiger charge is 2.31. The van der Waals surface area contributed by atoms with Gasteiger partial charge in [-0.1, -0.05) is 42.5 Å². The Morgan fingerprint density at radius 2 is 1.59 bits per heavy atom. The first-order chi connectivity index (χ1) is 17.7. The van der Waals surface area contributed by atoms with E-state index in [1.165, 1.54) is 0 Å². The van der Waals surface area contributed by atoms with Gasteiger partial charge in [-0.3, -0.25) is 9.69 Å². The Balaban J connectivity index is 1.63. The smallest absolute Gasteiger partial charge is 0.388 e. The Hall–Kier alpha value is -3.69. The molecule has 9 heteroatoms. The van der Waals surface area contributed by atoms with E-state index in [1.807, 2.05) is 0 Å². The van der Waals surface area contributed by atoms with Gasteiger partial charge in [0.1, 0.15) is 6.61 Å². The first-order valence-corrected chi connectivity index (χ1v) is 11.8. The molecular formula is C28H27F3N2O4. The number of benzene rings is 3. The number of nitrogens with zero attached hydrogens (tertiary/aromatic N) is 2. The molecule has 1 aliphatic rings. The van der Waals surface area contributed by atoms with Gasteiger partial charge in [0.15, 0.2) is 5.78 Å². The Labute approximate surface area is 212 Å². The van der Waals surface area contributed by atoms with Crippen molar-refractivity contribution >= 4 is 17.5 Å². The van der Waals surface area contributed by atoms with E-state index in [4.69, 9.17) is 9.84 Å². The zero-order valence-corrected chi connectivity index (χ0v) is 20.3. The van der Waals surface area contributed by atoms with Gasteiger partial charge in [-0.2, -0.15) is 13.2 Å². The number of aliphatic hydroxyl groups is 1. The minimum Gasteiger partial charge on any atom is -0.388 e. The topological polar surface area (TPSA) is 70.1 Å². The zero-order valence-electron chi connectivity index (χ0n) is 20.3. The molecule has 0 bridgehead atoms. The van der Waals surface area contributed by atoms with Gasteiger partial charge < -0.3 is 14.7 Å². The van der Waals surface area contributed by atoms with E-state index in [2.05, 4.69) is 0 Å². The highest BCUT2D eigenvalue weighted by Crippen LogP contribution is 2.34. The number of carbonyl (C=O) groups excluding carboxylic acids is 2. The van der Waals surface area contributed by atoms with Crippen molar-refractivity contribution in [1.82, 2.24) is 4.90 Å². The fraction of sp³-hybridized carbons (Fsp3) is 0.286. The highest BCUT2D eigenvalue weighted by atomic mass is 19.4. The van der Waals surface area contributed by atoms with Crippen LogP contribution in [0.15, 0.2) is 66.7 Å². The van der Waals surface area contributed by atoms with Gasteiger partial charge in [-0.05, 0) is 53.4 Å². The van der Waals surface area contributed by atoms with Gasteiger partial charge >= 0.3 is 12.2 Å². The second-order valence-electron chi connectivity index (χ2n) is 8.88. The lowest BCUT2D eigenvalue weighted by Crippen LogP contribution is -2.48. The van der Waals surface area contributed by atoms with Crippen molar-refractivity contribution in [3.8, 4) is 11.1 Å². The molecule has 0 aromatic heterocycles. The molecule has 1 aliphatic heterocycles. The summed E-state index contributed by atoms with van der Waals surface area (Å²) in [6, 6.07) is 17.2. The minimum atomic E-state index is -4.45. The van der Waals surface area contributed by atoms with Gasteiger partial charge in [-0.25, -0.2) is 4.79 Å². The quantitative estimate of drug-likeness (QED) is 0.455. The third-order valence-electron chi connectivity index (χ3n) is 6.19. The maximum absolute atomic E-state index is 13.5. The van der Waals surface area contributed by atoms with Crippen molar-refractivity contribution in [1.29, 1.82) is 0 Å². The van der Waals surface area contributed by atoms with E-state index in [1.54, 1.807) is 71.3 Å². The fourth-order valence-corrected chi connectivity index (χ4v) is 4.21. The number of Topliss-reactive ketones (excluding diaryl/α,β-unsaturated/α-hetero) is 1. The molecule has 2 amide bonds. The number of amides is 2. The van der Waals surface area contributed by atoms with Crippen LogP contribution in [0.1, 0.15) is 27.0 Å². The molecule has 1 N–H and O–H groups in total. The molecular weight excluding hydrogens is 485 g/mol. The second-order valence-corrected chi connectivity index (χ2v) is 8.88. The molecule has 3 aromatic carbocycles. The maximum atomic E-state index is 13.5. The summed E-state index contributed by atoms with van der Waals surface area (Å²) in [5.41, 5.74) is 2.56. The molecule has 0 saturated carbocycles. The van der Waals surface area contributed by atoms with Gasteiger partial charge in [0, 0.05) is 24.3 Å². The van der Waals surface area contributed by atoms with E-state index in [0.717, 1.165) is 17.7 Å². The summed E-state index contributed by atoms with van der Waals surface area (Å²) in [6.45, 7) is 3.01. The summed E-state index contributed by atoms with van der Waals surface area (Å²) in [7, 11) is 0. The maximum Gasteiger partial charge on any atom is 0.416 e. The Bertz CT molecular complexity index is 1250. The molecule has 0 radical (unpaired) electrons. The van der Waals surface area contributed by atoms with Crippen LogP contribution in [-0.4, -0.2) is 54.7 Å². The summed E-state index contributed by atoms with van der Waals surface area (Å²) in [5, 5.41) is 9.07. The Morgan fingerprint density at radius 3 is 2.19 bits per heavy atom. The summed E-state index contributed by atoms with van der Waals surface area (Å²) >= 11 is 0. The van der Waals surface area contributed by atoms with Crippen LogP contribution >= 0.6 is 0 Å².